The second kappa shape index (κ2) is 4.25. The summed E-state index contributed by atoms with van der Waals surface area (Å²) in [6.45, 7) is 2.00. The maximum Gasteiger partial charge on any atom is 0.274 e. The molecule has 1 N–H and O–H groups in total. The van der Waals surface area contributed by atoms with Crippen LogP contribution in [0, 0.1) is 0 Å². The van der Waals surface area contributed by atoms with E-state index in [-0.39, 0.29) is 5.56 Å². The summed E-state index contributed by atoms with van der Waals surface area (Å²) in [6.07, 6.45) is 3.69. The first-order valence-electron chi connectivity index (χ1n) is 5.90. The van der Waals surface area contributed by atoms with Crippen LogP contribution in [0.5, 0.6) is 0 Å². The lowest BCUT2D eigenvalue weighted by molar-refractivity contribution is 0.453. The maximum absolute atomic E-state index is 11.9. The molecule has 1 aliphatic heterocycles. The van der Waals surface area contributed by atoms with E-state index in [1.807, 2.05) is 6.07 Å². The number of nitrogens with zero attached hydrogens (tertiary/aromatic N) is 3. The molecular weight excluding hydrogens is 216 g/mol. The Balaban J connectivity index is 2.08. The van der Waals surface area contributed by atoms with Gasteiger partial charge >= 0.3 is 0 Å². The first-order chi connectivity index (χ1) is 8.34. The Bertz CT molecular complexity index is 586. The van der Waals surface area contributed by atoms with Crippen molar-refractivity contribution in [2.24, 2.45) is 0 Å². The summed E-state index contributed by atoms with van der Waals surface area (Å²) in [5.41, 5.74) is 1.45. The number of rotatable bonds is 1. The summed E-state index contributed by atoms with van der Waals surface area (Å²) in [5, 5.41) is 7.31. The number of hydrogen-bond acceptors (Lipinski definition) is 4. The zero-order valence-electron chi connectivity index (χ0n) is 9.47. The standard InChI is InChI=1S/C12H14N4O/c17-12-8-10(9-3-6-13-7-4-9)15-11-2-1-5-14-16(11)12/h1-2,5,8-9,13H,3-4,6-7H2. The van der Waals surface area contributed by atoms with E-state index in [0.717, 1.165) is 31.6 Å². The summed E-state index contributed by atoms with van der Waals surface area (Å²) in [5.74, 6) is 0.397. The molecule has 88 valence electrons. The lowest BCUT2D eigenvalue weighted by atomic mass is 9.94. The molecule has 0 radical (unpaired) electrons. The molecule has 3 rings (SSSR count). The highest BCUT2D eigenvalue weighted by atomic mass is 16.1. The average molecular weight is 230 g/mol. The Kier molecular flexibility index (Phi) is 2.60. The molecule has 2 aromatic rings. The van der Waals surface area contributed by atoms with Crippen LogP contribution < -0.4 is 10.9 Å². The predicted molar refractivity (Wildman–Crippen MR) is 64.1 cm³/mol. The van der Waals surface area contributed by atoms with Crippen LogP contribution in [0.2, 0.25) is 0 Å². The van der Waals surface area contributed by atoms with E-state index < -0.39 is 0 Å². The fourth-order valence-electron chi connectivity index (χ4n) is 2.30. The van der Waals surface area contributed by atoms with Gasteiger partial charge in [0.2, 0.25) is 0 Å². The van der Waals surface area contributed by atoms with E-state index in [9.17, 15) is 4.79 Å². The quantitative estimate of drug-likeness (QED) is 0.777. The number of aromatic nitrogens is 3. The van der Waals surface area contributed by atoms with Gasteiger partial charge in [0.05, 0.1) is 5.69 Å². The molecular formula is C12H14N4O. The van der Waals surface area contributed by atoms with Crippen molar-refractivity contribution in [1.29, 1.82) is 0 Å². The van der Waals surface area contributed by atoms with Gasteiger partial charge < -0.3 is 5.32 Å². The Morgan fingerprint density at radius 2 is 2.18 bits per heavy atom. The van der Waals surface area contributed by atoms with Crippen LogP contribution in [0.1, 0.15) is 24.5 Å². The van der Waals surface area contributed by atoms with Gasteiger partial charge in [-0.05, 0) is 38.1 Å². The topological polar surface area (TPSA) is 59.3 Å². The number of piperidine rings is 1. The van der Waals surface area contributed by atoms with Gasteiger partial charge in [-0.1, -0.05) is 0 Å². The Morgan fingerprint density at radius 3 is 3.00 bits per heavy atom. The molecule has 0 spiro atoms. The zero-order chi connectivity index (χ0) is 11.7. The third kappa shape index (κ3) is 1.93. The van der Waals surface area contributed by atoms with Gasteiger partial charge in [0.15, 0.2) is 5.65 Å². The van der Waals surface area contributed by atoms with E-state index >= 15 is 0 Å². The molecule has 5 nitrogen and oxygen atoms in total. The predicted octanol–water partition coefficient (Wildman–Crippen LogP) is 0.557. The maximum atomic E-state index is 11.9. The molecule has 1 aliphatic rings. The summed E-state index contributed by atoms with van der Waals surface area (Å²) in [4.78, 5) is 16.4. The minimum absolute atomic E-state index is 0.0934. The zero-order valence-corrected chi connectivity index (χ0v) is 9.47. The number of hydrogen-bond donors (Lipinski definition) is 1. The van der Waals surface area contributed by atoms with Crippen molar-refractivity contribution in [3.63, 3.8) is 0 Å². The molecule has 1 saturated heterocycles. The summed E-state index contributed by atoms with van der Waals surface area (Å²) in [6, 6.07) is 5.24. The van der Waals surface area contributed by atoms with E-state index in [1.54, 1.807) is 18.3 Å². The summed E-state index contributed by atoms with van der Waals surface area (Å²) < 4.78 is 1.34. The lowest BCUT2D eigenvalue weighted by Gasteiger charge is -2.21. The highest BCUT2D eigenvalue weighted by Crippen LogP contribution is 2.22. The van der Waals surface area contributed by atoms with Crippen molar-refractivity contribution in [2.45, 2.75) is 18.8 Å². The molecule has 0 bridgehead atoms. The van der Waals surface area contributed by atoms with Crippen LogP contribution in [0.15, 0.2) is 29.2 Å². The second-order valence-corrected chi connectivity index (χ2v) is 4.34. The molecule has 2 aromatic heterocycles. The molecule has 0 amide bonds. The minimum Gasteiger partial charge on any atom is -0.317 e. The third-order valence-corrected chi connectivity index (χ3v) is 3.21. The largest absolute Gasteiger partial charge is 0.317 e. The SMILES string of the molecule is O=c1cc(C2CCNCC2)nc2cccnn12. The van der Waals surface area contributed by atoms with Crippen LogP contribution in [0.25, 0.3) is 5.65 Å². The van der Waals surface area contributed by atoms with Gasteiger partial charge in [-0.15, -0.1) is 0 Å². The minimum atomic E-state index is -0.0934. The fraction of sp³-hybridized carbons (Fsp3) is 0.417. The van der Waals surface area contributed by atoms with E-state index in [1.165, 1.54) is 4.52 Å². The van der Waals surface area contributed by atoms with Crippen molar-refractivity contribution in [3.05, 3.63) is 40.4 Å². The normalized spacial score (nSPS) is 17.4. The highest BCUT2D eigenvalue weighted by Gasteiger charge is 2.17. The van der Waals surface area contributed by atoms with Gasteiger partial charge in [-0.25, -0.2) is 4.98 Å². The third-order valence-electron chi connectivity index (χ3n) is 3.21. The lowest BCUT2D eigenvalue weighted by Crippen LogP contribution is -2.28. The molecule has 0 saturated carbocycles. The Hall–Kier alpha value is -1.75. The first kappa shape index (κ1) is 10.4. The Morgan fingerprint density at radius 1 is 1.35 bits per heavy atom. The second-order valence-electron chi connectivity index (χ2n) is 4.34. The van der Waals surface area contributed by atoms with Crippen molar-refractivity contribution in [3.8, 4) is 0 Å². The van der Waals surface area contributed by atoms with Crippen LogP contribution in [0.4, 0.5) is 0 Å². The molecule has 0 unspecified atom stereocenters. The highest BCUT2D eigenvalue weighted by molar-refractivity contribution is 5.36. The van der Waals surface area contributed by atoms with E-state index in [4.69, 9.17) is 0 Å². The average Bonchev–Trinajstić information content (AvgIpc) is 2.40. The van der Waals surface area contributed by atoms with E-state index in [2.05, 4.69) is 15.4 Å². The van der Waals surface area contributed by atoms with Gasteiger partial charge in [0, 0.05) is 18.2 Å². The first-order valence-corrected chi connectivity index (χ1v) is 5.90. The van der Waals surface area contributed by atoms with Gasteiger partial charge in [0.1, 0.15) is 0 Å². The molecule has 5 heteroatoms. The van der Waals surface area contributed by atoms with Crippen molar-refractivity contribution in [1.82, 2.24) is 19.9 Å². The van der Waals surface area contributed by atoms with E-state index in [0.29, 0.717) is 11.6 Å². The van der Waals surface area contributed by atoms with Crippen molar-refractivity contribution < 1.29 is 0 Å². The smallest absolute Gasteiger partial charge is 0.274 e. The number of fused-ring (bicyclic) bond motifs is 1. The van der Waals surface area contributed by atoms with Crippen LogP contribution in [-0.4, -0.2) is 27.7 Å². The van der Waals surface area contributed by atoms with Gasteiger partial charge in [-0.3, -0.25) is 4.79 Å². The van der Waals surface area contributed by atoms with Gasteiger partial charge in [0.25, 0.3) is 5.56 Å². The van der Waals surface area contributed by atoms with Crippen molar-refractivity contribution in [2.75, 3.05) is 13.1 Å². The molecule has 17 heavy (non-hydrogen) atoms. The van der Waals surface area contributed by atoms with Gasteiger partial charge in [-0.2, -0.15) is 9.61 Å². The molecule has 1 fully saturated rings. The Labute approximate surface area is 98.5 Å². The molecule has 3 heterocycles. The van der Waals surface area contributed by atoms with Crippen LogP contribution in [-0.2, 0) is 0 Å². The number of nitrogens with one attached hydrogen (secondary N) is 1. The monoisotopic (exact) mass is 230 g/mol. The summed E-state index contributed by atoms with van der Waals surface area (Å²) >= 11 is 0. The summed E-state index contributed by atoms with van der Waals surface area (Å²) in [7, 11) is 0. The van der Waals surface area contributed by atoms with Crippen LogP contribution >= 0.6 is 0 Å². The fourth-order valence-corrected chi connectivity index (χ4v) is 2.30. The van der Waals surface area contributed by atoms with Crippen LogP contribution in [0.3, 0.4) is 0 Å². The molecule has 0 aliphatic carbocycles. The molecule has 0 atom stereocenters. The van der Waals surface area contributed by atoms with Crippen molar-refractivity contribution >= 4 is 5.65 Å². The molecule has 0 aromatic carbocycles.